The van der Waals surface area contributed by atoms with Crippen molar-refractivity contribution in [3.8, 4) is 11.5 Å². The Labute approximate surface area is 250 Å². The van der Waals surface area contributed by atoms with Crippen LogP contribution in [0.15, 0.2) is 18.2 Å². The van der Waals surface area contributed by atoms with Crippen LogP contribution in [0.1, 0.15) is 10.4 Å². The molecule has 18 nitrogen and oxygen atoms in total. The minimum Gasteiger partial charge on any atom is -0.493 e. The van der Waals surface area contributed by atoms with Crippen molar-refractivity contribution in [1.29, 1.82) is 0 Å². The molecule has 0 unspecified atom stereocenters. The van der Waals surface area contributed by atoms with Crippen LogP contribution in [0, 0.1) is 0 Å². The Morgan fingerprint density at radius 2 is 1.11 bits per heavy atom. The van der Waals surface area contributed by atoms with E-state index in [1.54, 1.807) is 0 Å². The van der Waals surface area contributed by atoms with E-state index < -0.39 is 112 Å². The van der Waals surface area contributed by atoms with Crippen molar-refractivity contribution in [3.63, 3.8) is 0 Å². The van der Waals surface area contributed by atoms with Crippen molar-refractivity contribution in [2.24, 2.45) is 0 Å². The minimum atomic E-state index is -1.97. The maximum absolute atomic E-state index is 11.1. The van der Waals surface area contributed by atoms with Gasteiger partial charge in [0.05, 0.1) is 26.9 Å². The van der Waals surface area contributed by atoms with Crippen LogP contribution in [0.5, 0.6) is 11.5 Å². The lowest BCUT2D eigenvalue weighted by Crippen LogP contribution is -2.67. The number of ether oxygens (including phenoxy) is 7. The third kappa shape index (κ3) is 6.99. The molecule has 0 saturated carbocycles. The SMILES string of the molecule is COc1cc(C=O)ccc1O[C@@H]1O[C@H](CO)[C@@H](O)[C@H](O[C@@H]2O[C@H](CO)[C@@H](O)[C@H](O[C@@H]3O[C@H](CO)[C@@H](O)[C@H](O)[C@H]3O)[C@H]2O)[C@H]1O. The number of benzene rings is 1. The second-order valence-corrected chi connectivity index (χ2v) is 10.5. The monoisotopic (exact) mass is 638 g/mol. The zero-order chi connectivity index (χ0) is 32.3. The Hall–Kier alpha value is -2.11. The lowest BCUT2D eigenvalue weighted by Gasteiger charge is -2.48. The second kappa shape index (κ2) is 15.0. The molecule has 3 heterocycles. The average Bonchev–Trinajstić information content (AvgIpc) is 3.03. The molecule has 250 valence electrons. The van der Waals surface area contributed by atoms with Crippen LogP contribution in [-0.4, -0.2) is 176 Å². The Morgan fingerprint density at radius 1 is 0.636 bits per heavy atom. The molecule has 3 fully saturated rings. The summed E-state index contributed by atoms with van der Waals surface area (Å²) in [5, 5.41) is 103. The van der Waals surface area contributed by atoms with Crippen LogP contribution in [0.25, 0.3) is 0 Å². The van der Waals surface area contributed by atoms with E-state index in [1.165, 1.54) is 25.3 Å². The Morgan fingerprint density at radius 3 is 1.61 bits per heavy atom. The van der Waals surface area contributed by atoms with E-state index in [9.17, 15) is 55.9 Å². The Bertz CT molecular complexity index is 1080. The van der Waals surface area contributed by atoms with Gasteiger partial charge in [0.15, 0.2) is 24.1 Å². The first kappa shape index (κ1) is 34.8. The van der Waals surface area contributed by atoms with Crippen molar-refractivity contribution >= 4 is 6.29 Å². The highest BCUT2D eigenvalue weighted by molar-refractivity contribution is 5.76. The predicted octanol–water partition coefficient (Wildman–Crippen LogP) is -5.67. The van der Waals surface area contributed by atoms with E-state index in [0.29, 0.717) is 6.29 Å². The van der Waals surface area contributed by atoms with Gasteiger partial charge in [0.2, 0.25) is 6.29 Å². The van der Waals surface area contributed by atoms with Gasteiger partial charge >= 0.3 is 0 Å². The van der Waals surface area contributed by atoms with Crippen molar-refractivity contribution in [1.82, 2.24) is 0 Å². The summed E-state index contributed by atoms with van der Waals surface area (Å²) < 4.78 is 38.4. The van der Waals surface area contributed by atoms with E-state index in [0.717, 1.165) is 0 Å². The Kier molecular flexibility index (Phi) is 11.8. The van der Waals surface area contributed by atoms with Gasteiger partial charge in [-0.3, -0.25) is 4.79 Å². The van der Waals surface area contributed by atoms with Gasteiger partial charge in [-0.2, -0.15) is 0 Å². The molecule has 0 spiro atoms. The van der Waals surface area contributed by atoms with Gasteiger partial charge in [-0.15, -0.1) is 0 Å². The first-order chi connectivity index (χ1) is 21.0. The molecule has 0 aliphatic carbocycles. The van der Waals surface area contributed by atoms with Crippen LogP contribution in [0.2, 0.25) is 0 Å². The van der Waals surface area contributed by atoms with Crippen LogP contribution < -0.4 is 9.47 Å². The van der Waals surface area contributed by atoms with Gasteiger partial charge < -0.3 is 84.2 Å². The normalized spacial score (nSPS) is 42.9. The number of aldehydes is 1. The number of aliphatic hydroxyl groups excluding tert-OH is 10. The molecule has 1 aromatic carbocycles. The van der Waals surface area contributed by atoms with Crippen LogP contribution >= 0.6 is 0 Å². The smallest absolute Gasteiger partial charge is 0.229 e. The summed E-state index contributed by atoms with van der Waals surface area (Å²) >= 11 is 0. The molecule has 3 saturated heterocycles. The number of hydrogen-bond donors (Lipinski definition) is 10. The fraction of sp³-hybridized carbons (Fsp3) is 0.731. The quantitative estimate of drug-likeness (QED) is 0.101. The zero-order valence-electron chi connectivity index (χ0n) is 23.3. The topological polar surface area (TPSA) is 284 Å². The molecule has 0 aromatic heterocycles. The lowest BCUT2D eigenvalue weighted by atomic mass is 9.96. The van der Waals surface area contributed by atoms with Crippen molar-refractivity contribution < 1.29 is 89.0 Å². The van der Waals surface area contributed by atoms with Crippen LogP contribution in [0.4, 0.5) is 0 Å². The fourth-order valence-corrected chi connectivity index (χ4v) is 5.11. The van der Waals surface area contributed by atoms with E-state index in [-0.39, 0.29) is 17.1 Å². The minimum absolute atomic E-state index is 0.0133. The van der Waals surface area contributed by atoms with Crippen LogP contribution in [-0.2, 0) is 23.7 Å². The molecule has 10 N–H and O–H groups in total. The molecule has 3 aliphatic rings. The van der Waals surface area contributed by atoms with Gasteiger partial charge in [0.1, 0.15) is 79.5 Å². The summed E-state index contributed by atoms with van der Waals surface area (Å²) in [6.07, 6.45) is -25.2. The van der Waals surface area contributed by atoms with Crippen molar-refractivity contribution in [3.05, 3.63) is 23.8 Å². The molecule has 44 heavy (non-hydrogen) atoms. The summed E-state index contributed by atoms with van der Waals surface area (Å²) in [5.41, 5.74) is 0.258. The first-order valence-corrected chi connectivity index (χ1v) is 13.7. The molecule has 18 heteroatoms. The third-order valence-corrected chi connectivity index (χ3v) is 7.64. The molecule has 15 atom stereocenters. The lowest BCUT2D eigenvalue weighted by molar-refractivity contribution is -0.378. The third-order valence-electron chi connectivity index (χ3n) is 7.64. The maximum Gasteiger partial charge on any atom is 0.229 e. The molecular weight excluding hydrogens is 600 g/mol. The van der Waals surface area contributed by atoms with Crippen LogP contribution in [0.3, 0.4) is 0 Å². The standard InChI is InChI=1S/C26H38O18/c1-38-11-4-9(5-27)2-3-10(11)39-25-20(36)22(16(32)13(7-29)41-25)44-26-21(37)23(17(33)14(8-30)42-26)43-24-19(35)18(34)15(31)12(6-28)40-24/h2-5,12-26,28-37H,6-8H2,1H3/t12-,13-,14-,15-,16-,17-,18+,19-,20-,21-,22+,23+,24+,25-,26+/m1/s1. The first-order valence-electron chi connectivity index (χ1n) is 13.7. The average molecular weight is 639 g/mol. The highest BCUT2D eigenvalue weighted by Crippen LogP contribution is 2.35. The highest BCUT2D eigenvalue weighted by atomic mass is 16.8. The van der Waals surface area contributed by atoms with Crippen molar-refractivity contribution in [2.45, 2.75) is 92.1 Å². The largest absolute Gasteiger partial charge is 0.493 e. The van der Waals surface area contributed by atoms with E-state index in [2.05, 4.69) is 0 Å². The Balaban J connectivity index is 1.54. The molecule has 0 amide bonds. The second-order valence-electron chi connectivity index (χ2n) is 10.5. The fourth-order valence-electron chi connectivity index (χ4n) is 5.11. The number of rotatable bonds is 11. The molecule has 3 aliphatic heterocycles. The summed E-state index contributed by atoms with van der Waals surface area (Å²) in [5.74, 6) is 0.105. The number of methoxy groups -OCH3 is 1. The summed E-state index contributed by atoms with van der Waals surface area (Å²) in [7, 11) is 1.30. The summed E-state index contributed by atoms with van der Waals surface area (Å²) in [6, 6.07) is 4.11. The molecular formula is C26H38O18. The van der Waals surface area contributed by atoms with E-state index in [4.69, 9.17) is 33.2 Å². The number of aliphatic hydroxyl groups is 10. The molecule has 1 aromatic rings. The number of carbonyl (C=O) groups is 1. The predicted molar refractivity (Wildman–Crippen MR) is 138 cm³/mol. The van der Waals surface area contributed by atoms with E-state index in [1.807, 2.05) is 0 Å². The van der Waals surface area contributed by atoms with Gasteiger partial charge in [0, 0.05) is 5.56 Å². The highest BCUT2D eigenvalue weighted by Gasteiger charge is 2.54. The molecule has 4 rings (SSSR count). The van der Waals surface area contributed by atoms with Gasteiger partial charge in [-0.25, -0.2) is 0 Å². The number of carbonyl (C=O) groups excluding carboxylic acids is 1. The maximum atomic E-state index is 11.1. The van der Waals surface area contributed by atoms with Gasteiger partial charge in [-0.1, -0.05) is 0 Å². The van der Waals surface area contributed by atoms with Crippen molar-refractivity contribution in [2.75, 3.05) is 26.9 Å². The van der Waals surface area contributed by atoms with Gasteiger partial charge in [0.25, 0.3) is 0 Å². The van der Waals surface area contributed by atoms with Gasteiger partial charge in [-0.05, 0) is 18.2 Å². The van der Waals surface area contributed by atoms with E-state index >= 15 is 0 Å². The molecule has 0 radical (unpaired) electrons. The molecule has 0 bridgehead atoms. The zero-order valence-corrected chi connectivity index (χ0v) is 23.3. The summed E-state index contributed by atoms with van der Waals surface area (Å²) in [4.78, 5) is 11.1. The summed E-state index contributed by atoms with van der Waals surface area (Å²) in [6.45, 7) is -2.40. The number of hydrogen-bond acceptors (Lipinski definition) is 18.